The number of hydrogen-bond acceptors (Lipinski definition) is 6. The summed E-state index contributed by atoms with van der Waals surface area (Å²) in [6, 6.07) is 17.8. The highest BCUT2D eigenvalue weighted by Crippen LogP contribution is 2.38. The predicted octanol–water partition coefficient (Wildman–Crippen LogP) is 5.63. The number of benzene rings is 3. The van der Waals surface area contributed by atoms with E-state index in [-0.39, 0.29) is 17.9 Å². The number of carbonyl (C=O) groups excluding carboxylic acids is 2. The number of halogens is 1. The minimum Gasteiger partial charge on any atom is -0.493 e. The van der Waals surface area contributed by atoms with Crippen LogP contribution in [0.4, 0.5) is 36.7 Å². The molecule has 0 aliphatic carbocycles. The first-order chi connectivity index (χ1) is 18.4. The fourth-order valence-corrected chi connectivity index (χ4v) is 4.50. The summed E-state index contributed by atoms with van der Waals surface area (Å²) in [6.45, 7) is 0.608. The van der Waals surface area contributed by atoms with Gasteiger partial charge >= 0.3 is 12.1 Å². The Bertz CT molecular complexity index is 1510. The number of ether oxygens (including phenoxy) is 2. The lowest BCUT2D eigenvalue weighted by atomic mass is 10.1. The Labute approximate surface area is 219 Å². The van der Waals surface area contributed by atoms with Crippen molar-refractivity contribution < 1.29 is 23.5 Å². The maximum Gasteiger partial charge on any atom is 0.332 e. The zero-order valence-corrected chi connectivity index (χ0v) is 21.1. The number of para-hydroxylation sites is 1. The molecule has 1 aromatic heterocycles. The number of pyridine rings is 1. The number of fused-ring (bicyclic) bond motifs is 1. The van der Waals surface area contributed by atoms with Gasteiger partial charge in [0.1, 0.15) is 5.82 Å². The Balaban J connectivity index is 1.35. The monoisotopic (exact) mass is 515 g/mol. The second kappa shape index (κ2) is 10.3. The summed E-state index contributed by atoms with van der Waals surface area (Å²) in [4.78, 5) is 34.3. The third kappa shape index (κ3) is 4.52. The topological polar surface area (TPSA) is 87.2 Å². The maximum atomic E-state index is 15.3. The van der Waals surface area contributed by atoms with Crippen LogP contribution in [-0.4, -0.2) is 56.3 Å². The van der Waals surface area contributed by atoms with E-state index in [0.717, 1.165) is 10.3 Å². The average Bonchev–Trinajstić information content (AvgIpc) is 3.33. The number of aromatic nitrogens is 1. The van der Waals surface area contributed by atoms with Crippen molar-refractivity contribution in [2.45, 2.75) is 0 Å². The summed E-state index contributed by atoms with van der Waals surface area (Å²) < 4.78 is 26.1. The molecule has 0 unspecified atom stereocenters. The van der Waals surface area contributed by atoms with Gasteiger partial charge in [0.25, 0.3) is 0 Å². The quantitative estimate of drug-likeness (QED) is 0.358. The number of carbonyl (C=O) groups is 2. The van der Waals surface area contributed by atoms with Crippen LogP contribution >= 0.6 is 0 Å². The van der Waals surface area contributed by atoms with Crippen molar-refractivity contribution in [1.82, 2.24) is 9.88 Å². The molecule has 4 amide bonds. The minimum absolute atomic E-state index is 0.228. The molecule has 0 bridgehead atoms. The van der Waals surface area contributed by atoms with Gasteiger partial charge in [0.2, 0.25) is 0 Å². The van der Waals surface area contributed by atoms with Crippen LogP contribution in [0.3, 0.4) is 0 Å². The number of urea groups is 2. The van der Waals surface area contributed by atoms with Crippen molar-refractivity contribution in [3.63, 3.8) is 0 Å². The fourth-order valence-electron chi connectivity index (χ4n) is 4.50. The van der Waals surface area contributed by atoms with E-state index in [0.29, 0.717) is 34.9 Å². The van der Waals surface area contributed by atoms with Crippen molar-refractivity contribution in [2.24, 2.45) is 0 Å². The van der Waals surface area contributed by atoms with Crippen LogP contribution in [0.15, 0.2) is 72.9 Å². The van der Waals surface area contributed by atoms with E-state index in [1.54, 1.807) is 62.7 Å². The van der Waals surface area contributed by atoms with Gasteiger partial charge in [-0.25, -0.2) is 18.9 Å². The first kappa shape index (κ1) is 24.8. The lowest BCUT2D eigenvalue weighted by molar-refractivity contribution is 0.209. The lowest BCUT2D eigenvalue weighted by Crippen LogP contribution is -2.39. The molecule has 1 N–H and O–H groups in total. The molecule has 3 aromatic carbocycles. The largest absolute Gasteiger partial charge is 0.493 e. The molecule has 194 valence electrons. The number of imide groups is 1. The van der Waals surface area contributed by atoms with Crippen LogP contribution < -0.4 is 24.6 Å². The Hall–Kier alpha value is -4.86. The molecule has 1 saturated heterocycles. The highest BCUT2D eigenvalue weighted by molar-refractivity contribution is 6.08. The van der Waals surface area contributed by atoms with Gasteiger partial charge in [-0.15, -0.1) is 0 Å². The van der Waals surface area contributed by atoms with E-state index < -0.39 is 17.9 Å². The van der Waals surface area contributed by atoms with Gasteiger partial charge in [-0.05, 0) is 42.5 Å². The summed E-state index contributed by atoms with van der Waals surface area (Å²) in [6.07, 6.45) is 1.64. The Morgan fingerprint density at radius 2 is 1.71 bits per heavy atom. The van der Waals surface area contributed by atoms with Crippen molar-refractivity contribution in [1.29, 1.82) is 0 Å². The fraction of sp³-hybridized carbons (Fsp3) is 0.179. The molecule has 4 aromatic rings. The van der Waals surface area contributed by atoms with E-state index in [4.69, 9.17) is 9.47 Å². The molecule has 10 heteroatoms. The zero-order valence-electron chi connectivity index (χ0n) is 21.1. The first-order valence-electron chi connectivity index (χ1n) is 11.9. The third-order valence-corrected chi connectivity index (χ3v) is 6.47. The number of anilines is 4. The standard InChI is InChI=1S/C28H26FN5O4/c1-32(23-11-12-30-22-17-26(38-3)25(37-2)16-20(22)23)24-10-9-18(15-21(24)29)31-27(35)34-14-13-33(28(34)36)19-7-5-4-6-8-19/h4-12,15-17H,13-14H2,1-3H3,(H,31,35). The minimum atomic E-state index is -0.616. The van der Waals surface area contributed by atoms with Gasteiger partial charge in [-0.3, -0.25) is 9.88 Å². The number of nitrogens with one attached hydrogen (secondary N) is 1. The molecule has 0 radical (unpaired) electrons. The SMILES string of the molecule is COc1cc2nccc(N(C)c3ccc(NC(=O)N4CCN(c5ccccc5)C4=O)cc3F)c2cc1OC. The van der Waals surface area contributed by atoms with Gasteiger partial charge in [0.05, 0.1) is 37.7 Å². The molecule has 2 heterocycles. The molecular formula is C28H26FN5O4. The molecular weight excluding hydrogens is 489 g/mol. The summed E-state index contributed by atoms with van der Waals surface area (Å²) in [5, 5.41) is 3.38. The van der Waals surface area contributed by atoms with Gasteiger partial charge < -0.3 is 19.7 Å². The van der Waals surface area contributed by atoms with E-state index in [1.807, 2.05) is 30.3 Å². The number of nitrogens with zero attached hydrogens (tertiary/aromatic N) is 4. The molecule has 1 fully saturated rings. The Kier molecular flexibility index (Phi) is 6.69. The highest BCUT2D eigenvalue weighted by atomic mass is 19.1. The molecule has 0 saturated carbocycles. The number of amides is 4. The second-order valence-corrected chi connectivity index (χ2v) is 8.63. The van der Waals surface area contributed by atoms with Crippen LogP contribution in [0, 0.1) is 5.82 Å². The van der Waals surface area contributed by atoms with Crippen LogP contribution in [0.2, 0.25) is 0 Å². The molecule has 0 atom stereocenters. The third-order valence-electron chi connectivity index (χ3n) is 6.47. The van der Waals surface area contributed by atoms with E-state index in [9.17, 15) is 9.59 Å². The second-order valence-electron chi connectivity index (χ2n) is 8.63. The van der Waals surface area contributed by atoms with Gasteiger partial charge in [-0.1, -0.05) is 18.2 Å². The van der Waals surface area contributed by atoms with E-state index in [2.05, 4.69) is 10.3 Å². The predicted molar refractivity (Wildman–Crippen MR) is 144 cm³/mol. The molecule has 9 nitrogen and oxygen atoms in total. The highest BCUT2D eigenvalue weighted by Gasteiger charge is 2.34. The van der Waals surface area contributed by atoms with Crippen molar-refractivity contribution in [3.05, 3.63) is 78.7 Å². The van der Waals surface area contributed by atoms with Gasteiger partial charge in [-0.2, -0.15) is 0 Å². The van der Waals surface area contributed by atoms with E-state index >= 15 is 4.39 Å². The summed E-state index contributed by atoms with van der Waals surface area (Å²) >= 11 is 0. The van der Waals surface area contributed by atoms with Gasteiger partial charge in [0.15, 0.2) is 11.5 Å². The molecule has 5 rings (SSSR count). The summed E-state index contributed by atoms with van der Waals surface area (Å²) in [5.74, 6) is 0.528. The molecule has 1 aliphatic heterocycles. The zero-order chi connectivity index (χ0) is 26.8. The van der Waals surface area contributed by atoms with Crippen LogP contribution in [-0.2, 0) is 0 Å². The molecule has 38 heavy (non-hydrogen) atoms. The lowest BCUT2D eigenvalue weighted by Gasteiger charge is -2.23. The summed E-state index contributed by atoms with van der Waals surface area (Å²) in [7, 11) is 4.84. The molecule has 0 spiro atoms. The Morgan fingerprint density at radius 1 is 0.974 bits per heavy atom. The Morgan fingerprint density at radius 3 is 2.42 bits per heavy atom. The number of hydrogen-bond donors (Lipinski definition) is 1. The first-order valence-corrected chi connectivity index (χ1v) is 11.9. The van der Waals surface area contributed by atoms with E-state index in [1.165, 1.54) is 11.0 Å². The van der Waals surface area contributed by atoms with Crippen molar-refractivity contribution in [2.75, 3.05) is 49.5 Å². The van der Waals surface area contributed by atoms with Crippen LogP contribution in [0.1, 0.15) is 0 Å². The van der Waals surface area contributed by atoms with Crippen molar-refractivity contribution in [3.8, 4) is 11.5 Å². The van der Waals surface area contributed by atoms with Crippen LogP contribution in [0.5, 0.6) is 11.5 Å². The summed E-state index contributed by atoms with van der Waals surface area (Å²) in [5.41, 5.74) is 2.61. The normalized spacial score (nSPS) is 13.1. The molecule has 1 aliphatic rings. The van der Waals surface area contributed by atoms with Gasteiger partial charge in [0, 0.05) is 42.6 Å². The van der Waals surface area contributed by atoms with Crippen molar-refractivity contribution >= 4 is 45.7 Å². The number of rotatable bonds is 6. The number of methoxy groups -OCH3 is 2. The smallest absolute Gasteiger partial charge is 0.332 e. The maximum absolute atomic E-state index is 15.3. The van der Waals surface area contributed by atoms with Crippen LogP contribution in [0.25, 0.3) is 10.9 Å². The average molecular weight is 516 g/mol.